The molecule has 0 radical (unpaired) electrons. The van der Waals surface area contributed by atoms with Gasteiger partial charge < -0.3 is 14.7 Å². The molecule has 4 heteroatoms. The first-order valence-corrected chi connectivity index (χ1v) is 7.22. The van der Waals surface area contributed by atoms with Gasteiger partial charge in [-0.05, 0) is 38.1 Å². The van der Waals surface area contributed by atoms with E-state index in [9.17, 15) is 4.39 Å². The second kappa shape index (κ2) is 5.37. The van der Waals surface area contributed by atoms with Crippen LogP contribution >= 0.6 is 0 Å². The van der Waals surface area contributed by atoms with Crippen LogP contribution in [0, 0.1) is 5.82 Å². The summed E-state index contributed by atoms with van der Waals surface area (Å²) in [6.45, 7) is 6.05. The van der Waals surface area contributed by atoms with Crippen LogP contribution in [0.15, 0.2) is 18.2 Å². The minimum absolute atomic E-state index is 0.0710. The monoisotopic (exact) mass is 263 g/mol. The average Bonchev–Trinajstić information content (AvgIpc) is 2.93. The minimum atomic E-state index is -0.0710. The van der Waals surface area contributed by atoms with Crippen LogP contribution in [0.4, 0.5) is 15.8 Å². The molecule has 3 rings (SSSR count). The smallest absolute Gasteiger partial charge is 0.148 e. The van der Waals surface area contributed by atoms with Crippen molar-refractivity contribution in [2.75, 3.05) is 56.1 Å². The van der Waals surface area contributed by atoms with Gasteiger partial charge in [-0.3, -0.25) is 0 Å². The third-order valence-corrected chi connectivity index (χ3v) is 4.25. The number of nitrogens with zero attached hydrogens (tertiary/aromatic N) is 3. The molecule has 104 valence electrons. The zero-order chi connectivity index (χ0) is 13.2. The Hall–Kier alpha value is -1.29. The van der Waals surface area contributed by atoms with E-state index in [1.165, 1.54) is 12.8 Å². The minimum Gasteiger partial charge on any atom is -0.369 e. The summed E-state index contributed by atoms with van der Waals surface area (Å²) in [5, 5.41) is 0. The normalized spacial score (nSPS) is 21.2. The van der Waals surface area contributed by atoms with Gasteiger partial charge in [0.1, 0.15) is 5.82 Å². The zero-order valence-electron chi connectivity index (χ0n) is 11.6. The molecule has 0 atom stereocenters. The van der Waals surface area contributed by atoms with E-state index in [1.54, 1.807) is 6.07 Å². The van der Waals surface area contributed by atoms with Gasteiger partial charge in [-0.15, -0.1) is 0 Å². The maximum absolute atomic E-state index is 14.3. The highest BCUT2D eigenvalue weighted by molar-refractivity contribution is 5.58. The standard InChI is InChI=1S/C15H22FN3/c1-17-8-10-18(11-9-17)13-4-5-15(14(16)12-13)19-6-2-3-7-19/h4-5,12H,2-3,6-11H2,1H3. The molecule has 0 N–H and O–H groups in total. The second-order valence-corrected chi connectivity index (χ2v) is 5.62. The van der Waals surface area contributed by atoms with Crippen molar-refractivity contribution in [2.24, 2.45) is 0 Å². The SMILES string of the molecule is CN1CCN(c2ccc(N3CCCC3)c(F)c2)CC1. The van der Waals surface area contributed by atoms with Crippen molar-refractivity contribution in [3.63, 3.8) is 0 Å². The number of likely N-dealkylation sites (N-methyl/N-ethyl adjacent to an activating group) is 1. The molecule has 3 nitrogen and oxygen atoms in total. The van der Waals surface area contributed by atoms with E-state index in [4.69, 9.17) is 0 Å². The number of hydrogen-bond acceptors (Lipinski definition) is 3. The Kier molecular flexibility index (Phi) is 3.60. The Bertz CT molecular complexity index is 435. The number of rotatable bonds is 2. The van der Waals surface area contributed by atoms with Crippen molar-refractivity contribution in [1.82, 2.24) is 4.90 Å². The molecule has 0 aliphatic carbocycles. The Labute approximate surface area is 114 Å². The molecule has 0 spiro atoms. The fourth-order valence-electron chi connectivity index (χ4n) is 2.97. The summed E-state index contributed by atoms with van der Waals surface area (Å²) < 4.78 is 14.3. The molecule has 0 unspecified atom stereocenters. The molecule has 2 aliphatic heterocycles. The number of benzene rings is 1. The van der Waals surface area contributed by atoms with Crippen molar-refractivity contribution in [3.05, 3.63) is 24.0 Å². The van der Waals surface area contributed by atoms with Crippen LogP contribution in [-0.4, -0.2) is 51.2 Å². The van der Waals surface area contributed by atoms with E-state index in [2.05, 4.69) is 27.8 Å². The topological polar surface area (TPSA) is 9.72 Å². The Morgan fingerprint density at radius 1 is 0.895 bits per heavy atom. The van der Waals surface area contributed by atoms with Crippen LogP contribution < -0.4 is 9.80 Å². The molecule has 0 bridgehead atoms. The maximum atomic E-state index is 14.3. The molecule has 1 aromatic rings. The van der Waals surface area contributed by atoms with Gasteiger partial charge in [0, 0.05) is 45.0 Å². The molecule has 2 aliphatic rings. The van der Waals surface area contributed by atoms with E-state index in [1.807, 2.05) is 6.07 Å². The first-order valence-electron chi connectivity index (χ1n) is 7.22. The van der Waals surface area contributed by atoms with Crippen LogP contribution in [-0.2, 0) is 0 Å². The molecular formula is C15H22FN3. The number of anilines is 2. The predicted octanol–water partition coefficient (Wildman–Crippen LogP) is 2.18. The van der Waals surface area contributed by atoms with E-state index in [0.717, 1.165) is 50.6 Å². The van der Waals surface area contributed by atoms with Crippen LogP contribution in [0.3, 0.4) is 0 Å². The van der Waals surface area contributed by atoms with Gasteiger partial charge >= 0.3 is 0 Å². The fraction of sp³-hybridized carbons (Fsp3) is 0.600. The highest BCUT2D eigenvalue weighted by Crippen LogP contribution is 2.27. The van der Waals surface area contributed by atoms with Gasteiger partial charge in [-0.1, -0.05) is 0 Å². The molecule has 2 fully saturated rings. The molecule has 0 aromatic heterocycles. The molecular weight excluding hydrogens is 241 g/mol. The van der Waals surface area contributed by atoms with Gasteiger partial charge in [0.2, 0.25) is 0 Å². The molecule has 0 saturated carbocycles. The van der Waals surface area contributed by atoms with Crippen molar-refractivity contribution >= 4 is 11.4 Å². The number of halogens is 1. The maximum Gasteiger partial charge on any atom is 0.148 e. The number of piperazine rings is 1. The predicted molar refractivity (Wildman–Crippen MR) is 77.6 cm³/mol. The quantitative estimate of drug-likeness (QED) is 0.810. The highest BCUT2D eigenvalue weighted by Gasteiger charge is 2.19. The van der Waals surface area contributed by atoms with E-state index >= 15 is 0 Å². The van der Waals surface area contributed by atoms with Crippen LogP contribution in [0.5, 0.6) is 0 Å². The van der Waals surface area contributed by atoms with Gasteiger partial charge in [-0.25, -0.2) is 4.39 Å². The van der Waals surface area contributed by atoms with Gasteiger partial charge in [0.25, 0.3) is 0 Å². The van der Waals surface area contributed by atoms with Crippen molar-refractivity contribution in [1.29, 1.82) is 0 Å². The summed E-state index contributed by atoms with van der Waals surface area (Å²) in [6.07, 6.45) is 2.36. The lowest BCUT2D eigenvalue weighted by Crippen LogP contribution is -2.44. The van der Waals surface area contributed by atoms with Gasteiger partial charge in [0.15, 0.2) is 0 Å². The van der Waals surface area contributed by atoms with E-state index in [-0.39, 0.29) is 5.82 Å². The summed E-state index contributed by atoms with van der Waals surface area (Å²) in [5.74, 6) is -0.0710. The lowest BCUT2D eigenvalue weighted by Gasteiger charge is -2.34. The molecule has 2 heterocycles. The third kappa shape index (κ3) is 2.68. The Morgan fingerprint density at radius 2 is 1.58 bits per heavy atom. The van der Waals surface area contributed by atoms with Crippen LogP contribution in [0.2, 0.25) is 0 Å². The summed E-state index contributed by atoms with van der Waals surface area (Å²) in [4.78, 5) is 6.74. The lowest BCUT2D eigenvalue weighted by atomic mass is 10.2. The Balaban J connectivity index is 1.75. The third-order valence-electron chi connectivity index (χ3n) is 4.25. The van der Waals surface area contributed by atoms with E-state index in [0.29, 0.717) is 0 Å². The summed E-state index contributed by atoms with van der Waals surface area (Å²) in [5.41, 5.74) is 1.80. The molecule has 19 heavy (non-hydrogen) atoms. The first kappa shape index (κ1) is 12.7. The number of hydrogen-bond donors (Lipinski definition) is 0. The second-order valence-electron chi connectivity index (χ2n) is 5.62. The van der Waals surface area contributed by atoms with Gasteiger partial charge in [-0.2, -0.15) is 0 Å². The average molecular weight is 263 g/mol. The highest BCUT2D eigenvalue weighted by atomic mass is 19.1. The molecule has 1 aromatic carbocycles. The van der Waals surface area contributed by atoms with Crippen molar-refractivity contribution < 1.29 is 4.39 Å². The van der Waals surface area contributed by atoms with Crippen LogP contribution in [0.25, 0.3) is 0 Å². The van der Waals surface area contributed by atoms with E-state index < -0.39 is 0 Å². The molecule has 0 amide bonds. The largest absolute Gasteiger partial charge is 0.369 e. The zero-order valence-corrected chi connectivity index (χ0v) is 11.6. The first-order chi connectivity index (χ1) is 9.24. The summed E-state index contributed by atoms with van der Waals surface area (Å²) in [7, 11) is 2.13. The van der Waals surface area contributed by atoms with Crippen molar-refractivity contribution in [2.45, 2.75) is 12.8 Å². The van der Waals surface area contributed by atoms with Crippen molar-refractivity contribution in [3.8, 4) is 0 Å². The fourth-order valence-corrected chi connectivity index (χ4v) is 2.97. The van der Waals surface area contributed by atoms with Crippen LogP contribution in [0.1, 0.15) is 12.8 Å². The molecule has 2 saturated heterocycles. The lowest BCUT2D eigenvalue weighted by molar-refractivity contribution is 0.313. The summed E-state index contributed by atoms with van der Waals surface area (Å²) in [6, 6.07) is 5.73. The summed E-state index contributed by atoms with van der Waals surface area (Å²) >= 11 is 0. The van der Waals surface area contributed by atoms with Gasteiger partial charge in [0.05, 0.1) is 5.69 Å². The Morgan fingerprint density at radius 3 is 2.21 bits per heavy atom.